The summed E-state index contributed by atoms with van der Waals surface area (Å²) in [6.07, 6.45) is 7.31. The van der Waals surface area contributed by atoms with Crippen LogP contribution in [0.25, 0.3) is 0 Å². The van der Waals surface area contributed by atoms with Gasteiger partial charge in [0.1, 0.15) is 5.82 Å². The molecule has 2 aliphatic heterocycles. The standard InChI is InChI=1S/C22H28N4O4/c1-16-23-9-12-25(16)11-8-20(27)26-10-7-17-5-6-18(14-19(17)15-26)22(28)24-30-21-4-2-3-13-29-21/h5-6,9,12,14,21H,2-4,7-8,10-11,13,15H2,1H3,(H,24,28). The van der Waals surface area contributed by atoms with Gasteiger partial charge >= 0.3 is 0 Å². The highest BCUT2D eigenvalue weighted by molar-refractivity contribution is 5.93. The maximum absolute atomic E-state index is 12.7. The van der Waals surface area contributed by atoms with Gasteiger partial charge in [0, 0.05) is 57.0 Å². The van der Waals surface area contributed by atoms with E-state index in [1.807, 2.05) is 34.7 Å². The summed E-state index contributed by atoms with van der Waals surface area (Å²) in [4.78, 5) is 36.6. The molecule has 0 aliphatic carbocycles. The predicted molar refractivity (Wildman–Crippen MR) is 109 cm³/mol. The third-order valence-electron chi connectivity index (χ3n) is 5.74. The normalized spacial score (nSPS) is 18.7. The van der Waals surface area contributed by atoms with E-state index in [0.29, 0.717) is 38.2 Å². The first kappa shape index (κ1) is 20.6. The molecule has 1 N–H and O–H groups in total. The smallest absolute Gasteiger partial charge is 0.274 e. The summed E-state index contributed by atoms with van der Waals surface area (Å²) in [5, 5.41) is 0. The van der Waals surface area contributed by atoms with Crippen LogP contribution >= 0.6 is 0 Å². The Morgan fingerprint density at radius 2 is 2.20 bits per heavy atom. The number of nitrogens with zero attached hydrogens (tertiary/aromatic N) is 3. The molecule has 160 valence electrons. The van der Waals surface area contributed by atoms with Crippen molar-refractivity contribution < 1.29 is 19.2 Å². The van der Waals surface area contributed by atoms with Crippen molar-refractivity contribution >= 4 is 11.8 Å². The lowest BCUT2D eigenvalue weighted by Gasteiger charge is -2.29. The van der Waals surface area contributed by atoms with Crippen LogP contribution in [0.3, 0.4) is 0 Å². The largest absolute Gasteiger partial charge is 0.350 e. The first-order chi connectivity index (χ1) is 14.6. The summed E-state index contributed by atoms with van der Waals surface area (Å²) in [6.45, 7) is 4.42. The van der Waals surface area contributed by atoms with Crippen LogP contribution in [0.5, 0.6) is 0 Å². The Morgan fingerprint density at radius 3 is 2.97 bits per heavy atom. The average Bonchev–Trinajstić information content (AvgIpc) is 3.20. The highest BCUT2D eigenvalue weighted by Crippen LogP contribution is 2.21. The van der Waals surface area contributed by atoms with Crippen molar-refractivity contribution in [2.24, 2.45) is 0 Å². The second-order valence-corrected chi connectivity index (χ2v) is 7.81. The topological polar surface area (TPSA) is 85.7 Å². The number of rotatable bonds is 6. The molecule has 0 radical (unpaired) electrons. The molecule has 2 aliphatic rings. The van der Waals surface area contributed by atoms with Crippen LogP contribution in [0.2, 0.25) is 0 Å². The molecule has 1 atom stereocenters. The number of aromatic nitrogens is 2. The lowest BCUT2D eigenvalue weighted by molar-refractivity contribution is -0.186. The van der Waals surface area contributed by atoms with Crippen LogP contribution in [0.4, 0.5) is 0 Å². The van der Waals surface area contributed by atoms with Gasteiger partial charge in [0.15, 0.2) is 6.29 Å². The molecule has 0 spiro atoms. The summed E-state index contributed by atoms with van der Waals surface area (Å²) in [5.41, 5.74) is 5.21. The van der Waals surface area contributed by atoms with E-state index in [4.69, 9.17) is 9.57 Å². The van der Waals surface area contributed by atoms with E-state index in [2.05, 4.69) is 10.5 Å². The predicted octanol–water partition coefficient (Wildman–Crippen LogP) is 2.35. The number of nitrogens with one attached hydrogen (secondary N) is 1. The fourth-order valence-electron chi connectivity index (χ4n) is 3.91. The number of ether oxygens (including phenoxy) is 1. The SMILES string of the molecule is Cc1nccn1CCC(=O)N1CCc2ccc(C(=O)NOC3CCCCO3)cc2C1. The van der Waals surface area contributed by atoms with Crippen molar-refractivity contribution in [3.8, 4) is 0 Å². The molecule has 1 saturated heterocycles. The van der Waals surface area contributed by atoms with Crippen LogP contribution in [-0.4, -0.2) is 45.7 Å². The van der Waals surface area contributed by atoms with Crippen molar-refractivity contribution in [2.75, 3.05) is 13.2 Å². The number of benzene rings is 1. The minimum atomic E-state index is -0.382. The molecular formula is C22H28N4O4. The number of hydrogen-bond acceptors (Lipinski definition) is 5. The van der Waals surface area contributed by atoms with Crippen molar-refractivity contribution in [1.29, 1.82) is 0 Å². The number of imidazole rings is 1. The maximum atomic E-state index is 12.7. The van der Waals surface area contributed by atoms with Crippen LogP contribution in [0.1, 0.15) is 53.0 Å². The fourth-order valence-corrected chi connectivity index (χ4v) is 3.91. The Balaban J connectivity index is 1.33. The zero-order chi connectivity index (χ0) is 20.9. The molecule has 1 unspecified atom stereocenters. The van der Waals surface area contributed by atoms with Crippen LogP contribution in [0, 0.1) is 6.92 Å². The second-order valence-electron chi connectivity index (χ2n) is 7.81. The fraction of sp³-hybridized carbons (Fsp3) is 0.500. The molecule has 0 saturated carbocycles. The van der Waals surface area contributed by atoms with Gasteiger partial charge in [-0.25, -0.2) is 15.3 Å². The van der Waals surface area contributed by atoms with Gasteiger partial charge in [0.25, 0.3) is 5.91 Å². The summed E-state index contributed by atoms with van der Waals surface area (Å²) >= 11 is 0. The van der Waals surface area contributed by atoms with Gasteiger partial charge in [-0.05, 0) is 49.4 Å². The highest BCUT2D eigenvalue weighted by Gasteiger charge is 2.22. The van der Waals surface area contributed by atoms with Crippen molar-refractivity contribution in [3.63, 3.8) is 0 Å². The number of carbonyl (C=O) groups is 2. The van der Waals surface area contributed by atoms with Gasteiger partial charge in [-0.15, -0.1) is 0 Å². The molecule has 8 nitrogen and oxygen atoms in total. The quantitative estimate of drug-likeness (QED) is 0.736. The van der Waals surface area contributed by atoms with Gasteiger partial charge < -0.3 is 14.2 Å². The molecular weight excluding hydrogens is 384 g/mol. The average molecular weight is 412 g/mol. The van der Waals surface area contributed by atoms with Gasteiger partial charge in [0.2, 0.25) is 5.91 Å². The number of carbonyl (C=O) groups excluding carboxylic acids is 2. The van der Waals surface area contributed by atoms with Crippen molar-refractivity contribution in [2.45, 2.75) is 58.4 Å². The van der Waals surface area contributed by atoms with Crippen LogP contribution in [0.15, 0.2) is 30.6 Å². The molecule has 2 aromatic rings. The number of amides is 2. The molecule has 0 bridgehead atoms. The van der Waals surface area contributed by atoms with Crippen LogP contribution < -0.4 is 5.48 Å². The van der Waals surface area contributed by atoms with E-state index in [1.165, 1.54) is 5.56 Å². The number of aryl methyl sites for hydroxylation is 2. The number of hydrogen-bond donors (Lipinski definition) is 1. The maximum Gasteiger partial charge on any atom is 0.274 e. The number of hydroxylamine groups is 1. The summed E-state index contributed by atoms with van der Waals surface area (Å²) < 4.78 is 7.45. The minimum Gasteiger partial charge on any atom is -0.350 e. The Morgan fingerprint density at radius 1 is 1.30 bits per heavy atom. The molecule has 1 fully saturated rings. The van der Waals surface area contributed by atoms with E-state index in [0.717, 1.165) is 37.1 Å². The van der Waals surface area contributed by atoms with Gasteiger partial charge in [-0.3, -0.25) is 9.59 Å². The minimum absolute atomic E-state index is 0.112. The van der Waals surface area contributed by atoms with Gasteiger partial charge in [0.05, 0.1) is 0 Å². The Bertz CT molecular complexity index is 904. The van der Waals surface area contributed by atoms with E-state index in [1.54, 1.807) is 12.3 Å². The highest BCUT2D eigenvalue weighted by atomic mass is 16.8. The van der Waals surface area contributed by atoms with Crippen LogP contribution in [-0.2, 0) is 33.9 Å². The molecule has 4 rings (SSSR count). The third kappa shape index (κ3) is 4.88. The Kier molecular flexibility index (Phi) is 6.44. The lowest BCUT2D eigenvalue weighted by atomic mass is 9.97. The molecule has 2 amide bonds. The zero-order valence-electron chi connectivity index (χ0n) is 17.3. The Labute approximate surface area is 176 Å². The molecule has 3 heterocycles. The van der Waals surface area contributed by atoms with E-state index in [9.17, 15) is 9.59 Å². The van der Waals surface area contributed by atoms with E-state index >= 15 is 0 Å². The lowest BCUT2D eigenvalue weighted by Crippen LogP contribution is -2.37. The molecule has 1 aromatic carbocycles. The Hall–Kier alpha value is -2.71. The third-order valence-corrected chi connectivity index (χ3v) is 5.74. The zero-order valence-corrected chi connectivity index (χ0v) is 17.3. The first-order valence-corrected chi connectivity index (χ1v) is 10.5. The molecule has 1 aromatic heterocycles. The first-order valence-electron chi connectivity index (χ1n) is 10.5. The second kappa shape index (κ2) is 9.40. The van der Waals surface area contributed by atoms with E-state index in [-0.39, 0.29) is 18.1 Å². The van der Waals surface area contributed by atoms with E-state index < -0.39 is 0 Å². The molecule has 8 heteroatoms. The molecule has 30 heavy (non-hydrogen) atoms. The summed E-state index contributed by atoms with van der Waals surface area (Å²) in [7, 11) is 0. The van der Waals surface area contributed by atoms with Crippen molar-refractivity contribution in [3.05, 3.63) is 53.1 Å². The van der Waals surface area contributed by atoms with Gasteiger partial charge in [-0.1, -0.05) is 6.07 Å². The summed E-state index contributed by atoms with van der Waals surface area (Å²) in [5.74, 6) is 0.718. The van der Waals surface area contributed by atoms with Crippen molar-refractivity contribution in [1.82, 2.24) is 19.9 Å². The monoisotopic (exact) mass is 412 g/mol. The number of fused-ring (bicyclic) bond motifs is 1. The van der Waals surface area contributed by atoms with Gasteiger partial charge in [-0.2, -0.15) is 0 Å². The summed E-state index contributed by atoms with van der Waals surface area (Å²) in [6, 6.07) is 5.63.